The van der Waals surface area contributed by atoms with Gasteiger partial charge >= 0.3 is 0 Å². The van der Waals surface area contributed by atoms with Crippen LogP contribution in [0.3, 0.4) is 0 Å². The Bertz CT molecular complexity index is 1000. The number of allylic oxidation sites excluding steroid dienone is 1. The van der Waals surface area contributed by atoms with Crippen molar-refractivity contribution >= 4 is 28.6 Å². The van der Waals surface area contributed by atoms with Crippen LogP contribution in [-0.4, -0.2) is 30.2 Å². The van der Waals surface area contributed by atoms with E-state index in [1.807, 2.05) is 30.3 Å². The minimum absolute atomic E-state index is 0.432. The zero-order valence-corrected chi connectivity index (χ0v) is 15.4. The van der Waals surface area contributed by atoms with E-state index in [0.717, 1.165) is 35.8 Å². The highest BCUT2D eigenvalue weighted by molar-refractivity contribution is 5.89. The maximum atomic E-state index is 9.60. The number of fused-ring (bicyclic) bond motifs is 1. The topological polar surface area (TPSA) is 78.1 Å². The Hall–Kier alpha value is -3.20. The Morgan fingerprint density at radius 1 is 1.22 bits per heavy atom. The van der Waals surface area contributed by atoms with Crippen LogP contribution in [0, 0.1) is 11.3 Å². The molecule has 1 fully saturated rings. The van der Waals surface area contributed by atoms with E-state index in [-0.39, 0.29) is 0 Å². The van der Waals surface area contributed by atoms with E-state index < -0.39 is 0 Å². The number of aromatic nitrogens is 2. The predicted molar refractivity (Wildman–Crippen MR) is 106 cm³/mol. The van der Waals surface area contributed by atoms with Crippen LogP contribution in [0.15, 0.2) is 34.7 Å². The summed E-state index contributed by atoms with van der Waals surface area (Å²) in [4.78, 5) is 9.98. The molecule has 3 heterocycles. The number of H-pyrrole nitrogens is 1. The summed E-state index contributed by atoms with van der Waals surface area (Å²) < 4.78 is 11.2. The molecule has 0 radical (unpaired) electrons. The fourth-order valence-electron chi connectivity index (χ4n) is 3.42. The van der Waals surface area contributed by atoms with Crippen LogP contribution in [0.25, 0.3) is 22.7 Å². The van der Waals surface area contributed by atoms with E-state index in [0.29, 0.717) is 17.2 Å². The van der Waals surface area contributed by atoms with Crippen LogP contribution in [0.4, 0.5) is 5.88 Å². The van der Waals surface area contributed by atoms with Crippen molar-refractivity contribution < 1.29 is 9.15 Å². The average molecular weight is 362 g/mol. The number of anilines is 1. The van der Waals surface area contributed by atoms with Gasteiger partial charge in [0, 0.05) is 31.3 Å². The van der Waals surface area contributed by atoms with Crippen molar-refractivity contribution in [2.45, 2.75) is 25.7 Å². The number of hydrogen-bond donors (Lipinski definition) is 1. The molecule has 4 rings (SSSR count). The fourth-order valence-corrected chi connectivity index (χ4v) is 3.42. The summed E-state index contributed by atoms with van der Waals surface area (Å²) >= 11 is 0. The Kier molecular flexibility index (Phi) is 4.84. The molecular weight excluding hydrogens is 340 g/mol. The fraction of sp³-hybridized carbons (Fsp3) is 0.333. The zero-order valence-electron chi connectivity index (χ0n) is 15.4. The molecule has 6 heteroatoms. The molecule has 6 nitrogen and oxygen atoms in total. The van der Waals surface area contributed by atoms with Gasteiger partial charge in [0.1, 0.15) is 23.4 Å². The molecule has 0 amide bonds. The summed E-state index contributed by atoms with van der Waals surface area (Å²) in [5.41, 5.74) is 2.05. The van der Waals surface area contributed by atoms with Gasteiger partial charge in [0.05, 0.1) is 23.7 Å². The monoisotopic (exact) mass is 362 g/mol. The molecule has 1 saturated heterocycles. The second kappa shape index (κ2) is 7.58. The van der Waals surface area contributed by atoms with E-state index in [4.69, 9.17) is 9.15 Å². The smallest absolute Gasteiger partial charge is 0.196 e. The van der Waals surface area contributed by atoms with E-state index >= 15 is 0 Å². The van der Waals surface area contributed by atoms with E-state index in [1.54, 1.807) is 13.2 Å². The number of benzene rings is 1. The standard InChI is InChI=1S/C21H22N4O2/c1-26-16-6-8-18-19(13-16)24-21(23-18)15(14-22)12-17-7-9-20(27-17)25-10-4-2-3-5-11-25/h6-9,12-13H,2-5,10-11H2,1H3,(H,23,24). The van der Waals surface area contributed by atoms with Crippen LogP contribution in [0.5, 0.6) is 5.75 Å². The number of hydrogen-bond acceptors (Lipinski definition) is 5. The highest BCUT2D eigenvalue weighted by Crippen LogP contribution is 2.26. The first kappa shape index (κ1) is 17.2. The van der Waals surface area contributed by atoms with E-state index in [9.17, 15) is 5.26 Å². The quantitative estimate of drug-likeness (QED) is 0.686. The summed E-state index contributed by atoms with van der Waals surface area (Å²) in [6.07, 6.45) is 6.67. The Morgan fingerprint density at radius 2 is 2.04 bits per heavy atom. The van der Waals surface area contributed by atoms with E-state index in [1.165, 1.54) is 25.7 Å². The van der Waals surface area contributed by atoms with Crippen molar-refractivity contribution in [1.29, 1.82) is 5.26 Å². The lowest BCUT2D eigenvalue weighted by Gasteiger charge is -2.18. The lowest BCUT2D eigenvalue weighted by Crippen LogP contribution is -2.23. The van der Waals surface area contributed by atoms with Gasteiger partial charge in [-0.3, -0.25) is 0 Å². The van der Waals surface area contributed by atoms with Gasteiger partial charge in [0.25, 0.3) is 0 Å². The molecule has 0 atom stereocenters. The lowest BCUT2D eigenvalue weighted by molar-refractivity contribution is 0.415. The molecule has 138 valence electrons. The van der Waals surface area contributed by atoms with Crippen LogP contribution >= 0.6 is 0 Å². The van der Waals surface area contributed by atoms with Gasteiger partial charge in [-0.1, -0.05) is 12.8 Å². The number of aromatic amines is 1. The SMILES string of the molecule is COc1ccc2nc(C(C#N)=Cc3ccc(N4CCCCCC4)o3)[nH]c2c1. The van der Waals surface area contributed by atoms with Gasteiger partial charge in [-0.25, -0.2) is 4.98 Å². The number of furan rings is 1. The minimum Gasteiger partial charge on any atom is -0.497 e. The summed E-state index contributed by atoms with van der Waals surface area (Å²) in [5, 5.41) is 9.60. The minimum atomic E-state index is 0.432. The van der Waals surface area contributed by atoms with Crippen LogP contribution < -0.4 is 9.64 Å². The van der Waals surface area contributed by atoms with Gasteiger partial charge in [-0.2, -0.15) is 5.26 Å². The molecule has 0 saturated carbocycles. The van der Waals surface area contributed by atoms with Crippen molar-refractivity contribution in [3.8, 4) is 11.8 Å². The van der Waals surface area contributed by atoms with Crippen molar-refractivity contribution in [1.82, 2.24) is 9.97 Å². The molecule has 0 spiro atoms. The highest BCUT2D eigenvalue weighted by Gasteiger charge is 2.14. The first-order chi connectivity index (χ1) is 13.3. The van der Waals surface area contributed by atoms with Gasteiger partial charge in [-0.05, 0) is 31.0 Å². The van der Waals surface area contributed by atoms with Gasteiger partial charge < -0.3 is 19.0 Å². The van der Waals surface area contributed by atoms with Gasteiger partial charge in [-0.15, -0.1) is 0 Å². The van der Waals surface area contributed by atoms with Crippen LogP contribution in [0.2, 0.25) is 0 Å². The Morgan fingerprint density at radius 3 is 2.78 bits per heavy atom. The summed E-state index contributed by atoms with van der Waals surface area (Å²) in [5.74, 6) is 2.79. The second-order valence-electron chi connectivity index (χ2n) is 6.72. The maximum Gasteiger partial charge on any atom is 0.196 e. The van der Waals surface area contributed by atoms with E-state index in [2.05, 4.69) is 20.9 Å². The first-order valence-electron chi connectivity index (χ1n) is 9.27. The second-order valence-corrected chi connectivity index (χ2v) is 6.72. The molecule has 2 aromatic heterocycles. The number of nitriles is 1. The molecule has 27 heavy (non-hydrogen) atoms. The highest BCUT2D eigenvalue weighted by atomic mass is 16.5. The molecule has 0 aliphatic carbocycles. The zero-order chi connectivity index (χ0) is 18.6. The molecule has 1 aromatic carbocycles. The third kappa shape index (κ3) is 3.68. The summed E-state index contributed by atoms with van der Waals surface area (Å²) in [6, 6.07) is 11.7. The van der Waals surface area contributed by atoms with Crippen molar-refractivity contribution in [2.24, 2.45) is 0 Å². The van der Waals surface area contributed by atoms with Crippen LogP contribution in [-0.2, 0) is 0 Å². The van der Waals surface area contributed by atoms with Gasteiger partial charge in [0.15, 0.2) is 5.88 Å². The number of imidazole rings is 1. The Labute approximate surface area is 158 Å². The molecule has 1 aliphatic heterocycles. The molecule has 1 N–H and O–H groups in total. The number of methoxy groups -OCH3 is 1. The molecule has 0 unspecified atom stereocenters. The maximum absolute atomic E-state index is 9.60. The number of nitrogens with zero attached hydrogens (tertiary/aromatic N) is 3. The molecule has 3 aromatic rings. The molecule has 0 bridgehead atoms. The first-order valence-corrected chi connectivity index (χ1v) is 9.27. The predicted octanol–water partition coefficient (Wildman–Crippen LogP) is 4.61. The van der Waals surface area contributed by atoms with Crippen molar-refractivity contribution in [2.75, 3.05) is 25.1 Å². The van der Waals surface area contributed by atoms with Crippen molar-refractivity contribution in [3.05, 3.63) is 41.9 Å². The summed E-state index contributed by atoms with van der Waals surface area (Å²) in [7, 11) is 1.62. The Balaban J connectivity index is 1.61. The summed E-state index contributed by atoms with van der Waals surface area (Å²) in [6.45, 7) is 2.04. The van der Waals surface area contributed by atoms with Crippen LogP contribution in [0.1, 0.15) is 37.3 Å². The number of rotatable bonds is 4. The van der Waals surface area contributed by atoms with Gasteiger partial charge in [0.2, 0.25) is 0 Å². The van der Waals surface area contributed by atoms with Crippen molar-refractivity contribution in [3.63, 3.8) is 0 Å². The number of nitrogens with one attached hydrogen (secondary N) is 1. The third-order valence-corrected chi connectivity index (χ3v) is 4.88. The normalized spacial score (nSPS) is 15.6. The number of ether oxygens (including phenoxy) is 1. The molecular formula is C21H22N4O2. The third-order valence-electron chi connectivity index (χ3n) is 4.88. The molecule has 1 aliphatic rings. The largest absolute Gasteiger partial charge is 0.497 e. The lowest BCUT2D eigenvalue weighted by atomic mass is 10.2. The average Bonchev–Trinajstić information content (AvgIpc) is 3.24.